The Morgan fingerprint density at radius 2 is 2.05 bits per heavy atom. The quantitative estimate of drug-likeness (QED) is 0.803. The predicted octanol–water partition coefficient (Wildman–Crippen LogP) is 4.43. The Morgan fingerprint density at radius 3 is 2.68 bits per heavy atom. The predicted molar refractivity (Wildman–Crippen MR) is 84.6 cm³/mol. The van der Waals surface area contributed by atoms with Gasteiger partial charge in [-0.1, -0.05) is 12.5 Å². The third-order valence-corrected chi connectivity index (χ3v) is 5.10. The highest BCUT2D eigenvalue weighted by molar-refractivity contribution is 7.80. The molecular formula is C16H19F3N2S. The van der Waals surface area contributed by atoms with Gasteiger partial charge in [0.1, 0.15) is 0 Å². The van der Waals surface area contributed by atoms with Crippen LogP contribution in [0.4, 0.5) is 18.9 Å². The fourth-order valence-electron chi connectivity index (χ4n) is 3.80. The van der Waals surface area contributed by atoms with Crippen molar-refractivity contribution in [3.8, 4) is 0 Å². The largest absolute Gasteiger partial charge is 0.416 e. The Morgan fingerprint density at radius 1 is 1.23 bits per heavy atom. The van der Waals surface area contributed by atoms with Crippen LogP contribution in [0.3, 0.4) is 0 Å². The summed E-state index contributed by atoms with van der Waals surface area (Å²) in [6, 6.07) is 5.09. The van der Waals surface area contributed by atoms with Gasteiger partial charge < -0.3 is 10.6 Å². The molecule has 3 rings (SSSR count). The minimum Gasteiger partial charge on any atom is -0.362 e. The van der Waals surface area contributed by atoms with Crippen molar-refractivity contribution in [1.82, 2.24) is 5.32 Å². The van der Waals surface area contributed by atoms with Crippen LogP contribution in [0.25, 0.3) is 0 Å². The monoisotopic (exact) mass is 328 g/mol. The number of fused-ring (bicyclic) bond motifs is 2. The van der Waals surface area contributed by atoms with E-state index in [1.807, 2.05) is 0 Å². The van der Waals surface area contributed by atoms with Crippen LogP contribution in [-0.4, -0.2) is 11.7 Å². The van der Waals surface area contributed by atoms with E-state index in [0.717, 1.165) is 30.5 Å². The van der Waals surface area contributed by atoms with Crippen molar-refractivity contribution < 1.29 is 13.2 Å². The molecule has 6 heteroatoms. The molecule has 2 nitrogen and oxygen atoms in total. The Kier molecular flexibility index (Phi) is 4.30. The molecule has 0 saturated heterocycles. The summed E-state index contributed by atoms with van der Waals surface area (Å²) in [5.74, 6) is 2.33. The first-order valence-electron chi connectivity index (χ1n) is 7.64. The molecule has 2 saturated carbocycles. The lowest BCUT2D eigenvalue weighted by Crippen LogP contribution is -2.34. The van der Waals surface area contributed by atoms with Gasteiger partial charge in [-0.15, -0.1) is 0 Å². The molecule has 120 valence electrons. The fourth-order valence-corrected chi connectivity index (χ4v) is 4.00. The molecule has 0 aromatic heterocycles. The third-order valence-electron chi connectivity index (χ3n) is 4.86. The van der Waals surface area contributed by atoms with Gasteiger partial charge in [0.2, 0.25) is 0 Å². The first kappa shape index (κ1) is 15.6. The van der Waals surface area contributed by atoms with Crippen LogP contribution in [-0.2, 0) is 6.18 Å². The maximum Gasteiger partial charge on any atom is 0.416 e. The van der Waals surface area contributed by atoms with E-state index in [0.29, 0.717) is 16.7 Å². The van der Waals surface area contributed by atoms with Crippen molar-refractivity contribution in [2.24, 2.45) is 17.8 Å². The lowest BCUT2D eigenvalue weighted by atomic mass is 9.89. The Bertz CT molecular complexity index is 559. The van der Waals surface area contributed by atoms with Gasteiger partial charge in [-0.25, -0.2) is 0 Å². The molecule has 2 aliphatic rings. The number of hydrogen-bond donors (Lipinski definition) is 2. The van der Waals surface area contributed by atoms with Gasteiger partial charge in [0, 0.05) is 12.2 Å². The Balaban J connectivity index is 1.51. The third kappa shape index (κ3) is 3.54. The second-order valence-electron chi connectivity index (χ2n) is 6.35. The standard InChI is InChI=1S/C16H19F3N2S/c17-16(18,19)13-2-1-3-14(8-13)21-15(22)20-9-12-7-10-4-5-11(12)6-10/h1-3,8,10-12H,4-7,9H2,(H2,20,21,22)/t10-,11+,12-/m0/s1. The molecule has 3 atom stereocenters. The van der Waals surface area contributed by atoms with Gasteiger partial charge in [0.15, 0.2) is 5.11 Å². The number of hydrogen-bond acceptors (Lipinski definition) is 1. The van der Waals surface area contributed by atoms with E-state index in [4.69, 9.17) is 12.2 Å². The average molecular weight is 328 g/mol. The molecule has 0 heterocycles. The molecule has 0 amide bonds. The molecule has 0 radical (unpaired) electrons. The van der Waals surface area contributed by atoms with E-state index >= 15 is 0 Å². The Labute approximate surface area is 133 Å². The summed E-state index contributed by atoms with van der Waals surface area (Å²) in [7, 11) is 0. The normalized spacial score (nSPS) is 27.0. The van der Waals surface area contributed by atoms with Crippen molar-refractivity contribution in [3.05, 3.63) is 29.8 Å². The molecule has 2 aliphatic carbocycles. The topological polar surface area (TPSA) is 24.1 Å². The van der Waals surface area contributed by atoms with Crippen molar-refractivity contribution in [1.29, 1.82) is 0 Å². The Hall–Kier alpha value is -1.30. The molecule has 2 N–H and O–H groups in total. The first-order chi connectivity index (χ1) is 10.4. The molecule has 1 aromatic carbocycles. The van der Waals surface area contributed by atoms with Crippen LogP contribution >= 0.6 is 12.2 Å². The minimum atomic E-state index is -4.34. The van der Waals surface area contributed by atoms with Crippen LogP contribution in [0.2, 0.25) is 0 Å². The molecule has 22 heavy (non-hydrogen) atoms. The zero-order chi connectivity index (χ0) is 15.7. The number of halogens is 3. The van der Waals surface area contributed by atoms with E-state index in [-0.39, 0.29) is 0 Å². The van der Waals surface area contributed by atoms with E-state index in [1.165, 1.54) is 31.7 Å². The van der Waals surface area contributed by atoms with Crippen LogP contribution in [0.5, 0.6) is 0 Å². The molecule has 2 fully saturated rings. The molecule has 2 bridgehead atoms. The SMILES string of the molecule is FC(F)(F)c1cccc(NC(=S)NC[C@@H]2C[C@H]3CC[C@@H]2C3)c1. The summed E-state index contributed by atoms with van der Waals surface area (Å²) in [4.78, 5) is 0. The van der Waals surface area contributed by atoms with Gasteiger partial charge in [-0.3, -0.25) is 0 Å². The zero-order valence-corrected chi connectivity index (χ0v) is 12.9. The van der Waals surface area contributed by atoms with Gasteiger partial charge >= 0.3 is 6.18 Å². The molecule has 1 aromatic rings. The smallest absolute Gasteiger partial charge is 0.362 e. The summed E-state index contributed by atoms with van der Waals surface area (Å²) in [6.07, 6.45) is 0.915. The van der Waals surface area contributed by atoms with Crippen LogP contribution in [0.15, 0.2) is 24.3 Å². The number of anilines is 1. The van der Waals surface area contributed by atoms with Crippen LogP contribution in [0, 0.1) is 17.8 Å². The van der Waals surface area contributed by atoms with Gasteiger partial charge in [-0.05, 0) is 67.4 Å². The summed E-state index contributed by atoms with van der Waals surface area (Å²) in [5, 5.41) is 6.39. The second-order valence-corrected chi connectivity index (χ2v) is 6.76. The number of alkyl halides is 3. The molecular weight excluding hydrogens is 309 g/mol. The molecule has 0 unspecified atom stereocenters. The van der Waals surface area contributed by atoms with E-state index in [2.05, 4.69) is 10.6 Å². The number of thiocarbonyl (C=S) groups is 1. The highest BCUT2D eigenvalue weighted by Gasteiger charge is 2.39. The number of nitrogens with one attached hydrogen (secondary N) is 2. The molecule has 0 spiro atoms. The van der Waals surface area contributed by atoms with Crippen molar-refractivity contribution in [2.45, 2.75) is 31.9 Å². The van der Waals surface area contributed by atoms with Crippen molar-refractivity contribution >= 4 is 23.0 Å². The summed E-state index contributed by atoms with van der Waals surface area (Å²) < 4.78 is 38.0. The second kappa shape index (κ2) is 6.07. The average Bonchev–Trinajstić information content (AvgIpc) is 3.07. The summed E-state index contributed by atoms with van der Waals surface area (Å²) in [5.41, 5.74) is -0.311. The van der Waals surface area contributed by atoms with E-state index in [9.17, 15) is 13.2 Å². The number of benzene rings is 1. The lowest BCUT2D eigenvalue weighted by molar-refractivity contribution is -0.137. The van der Waals surface area contributed by atoms with Crippen molar-refractivity contribution in [2.75, 3.05) is 11.9 Å². The van der Waals surface area contributed by atoms with E-state index in [1.54, 1.807) is 6.07 Å². The van der Waals surface area contributed by atoms with E-state index < -0.39 is 11.7 Å². The van der Waals surface area contributed by atoms with Crippen LogP contribution in [0.1, 0.15) is 31.2 Å². The van der Waals surface area contributed by atoms with Gasteiger partial charge in [0.25, 0.3) is 0 Å². The highest BCUT2D eigenvalue weighted by Crippen LogP contribution is 2.47. The maximum atomic E-state index is 12.7. The highest BCUT2D eigenvalue weighted by atomic mass is 32.1. The zero-order valence-electron chi connectivity index (χ0n) is 12.1. The van der Waals surface area contributed by atoms with Gasteiger partial charge in [0.05, 0.1) is 5.56 Å². The fraction of sp³-hybridized carbons (Fsp3) is 0.562. The first-order valence-corrected chi connectivity index (χ1v) is 8.05. The summed E-state index contributed by atoms with van der Waals surface area (Å²) in [6.45, 7) is 0.811. The minimum absolute atomic E-state index is 0.361. The summed E-state index contributed by atoms with van der Waals surface area (Å²) >= 11 is 5.19. The lowest BCUT2D eigenvalue weighted by Gasteiger charge is -2.22. The van der Waals surface area contributed by atoms with Crippen molar-refractivity contribution in [3.63, 3.8) is 0 Å². The van der Waals surface area contributed by atoms with Crippen LogP contribution < -0.4 is 10.6 Å². The molecule has 0 aliphatic heterocycles. The number of rotatable bonds is 3. The maximum absolute atomic E-state index is 12.7. The van der Waals surface area contributed by atoms with Gasteiger partial charge in [-0.2, -0.15) is 13.2 Å².